The summed E-state index contributed by atoms with van der Waals surface area (Å²) >= 11 is 0. The van der Waals surface area contributed by atoms with Crippen LogP contribution in [0.5, 0.6) is 11.6 Å². The first kappa shape index (κ1) is 15.3. The standard InChI is InChI=1S/C15H15BN2O5/c1-8-4-10(22-13-5-9(17)2-3-18-13)6-11-15(8)12(7-14(19)20)23-16(11)21/h2-6,12,21H,7H2,1H3,(H2,17,18)(H,19,20). The molecule has 2 aromatic rings. The van der Waals surface area contributed by atoms with Crippen molar-refractivity contribution in [2.75, 3.05) is 5.73 Å². The maximum atomic E-state index is 10.9. The van der Waals surface area contributed by atoms with Crippen molar-refractivity contribution in [3.63, 3.8) is 0 Å². The van der Waals surface area contributed by atoms with Crippen LogP contribution in [0.1, 0.15) is 23.7 Å². The Bertz CT molecular complexity index is 768. The predicted octanol–water partition coefficient (Wildman–Crippen LogP) is 0.998. The molecule has 1 aliphatic rings. The molecule has 0 amide bonds. The summed E-state index contributed by atoms with van der Waals surface area (Å²) in [6.45, 7) is 1.81. The summed E-state index contributed by atoms with van der Waals surface area (Å²) in [6.07, 6.45) is 0.658. The molecular weight excluding hydrogens is 299 g/mol. The van der Waals surface area contributed by atoms with Gasteiger partial charge in [0.15, 0.2) is 0 Å². The average Bonchev–Trinajstić information content (AvgIpc) is 2.75. The van der Waals surface area contributed by atoms with Gasteiger partial charge >= 0.3 is 13.1 Å². The van der Waals surface area contributed by atoms with E-state index in [2.05, 4.69) is 4.98 Å². The molecule has 0 spiro atoms. The Balaban J connectivity index is 1.93. The molecule has 0 saturated heterocycles. The van der Waals surface area contributed by atoms with Gasteiger partial charge in [-0.1, -0.05) is 0 Å². The fraction of sp³-hybridized carbons (Fsp3) is 0.200. The maximum Gasteiger partial charge on any atom is 0.492 e. The number of carbonyl (C=O) groups is 1. The second kappa shape index (κ2) is 5.90. The van der Waals surface area contributed by atoms with E-state index in [1.807, 2.05) is 6.92 Å². The van der Waals surface area contributed by atoms with Gasteiger partial charge in [0.1, 0.15) is 5.75 Å². The number of rotatable bonds is 4. The van der Waals surface area contributed by atoms with Gasteiger partial charge < -0.3 is 25.3 Å². The van der Waals surface area contributed by atoms with Gasteiger partial charge in [-0.2, -0.15) is 0 Å². The molecule has 0 bridgehead atoms. The Kier molecular flexibility index (Phi) is 3.93. The van der Waals surface area contributed by atoms with Gasteiger partial charge in [0.25, 0.3) is 0 Å². The minimum absolute atomic E-state index is 0.206. The number of carboxylic acid groups (broad SMARTS) is 1. The number of aryl methyl sites for hydroxylation is 1. The van der Waals surface area contributed by atoms with Gasteiger partial charge in [-0.05, 0) is 41.7 Å². The SMILES string of the molecule is Cc1cc(Oc2cc(N)ccn2)cc2c1C(CC(=O)O)OB2O. The lowest BCUT2D eigenvalue weighted by atomic mass is 9.77. The highest BCUT2D eigenvalue weighted by Gasteiger charge is 2.37. The number of nitrogens with two attached hydrogens (primary N) is 1. The Morgan fingerprint density at radius 3 is 2.96 bits per heavy atom. The average molecular weight is 314 g/mol. The first-order valence-electron chi connectivity index (χ1n) is 7.03. The highest BCUT2D eigenvalue weighted by molar-refractivity contribution is 6.62. The number of nitrogen functional groups attached to an aromatic ring is 1. The van der Waals surface area contributed by atoms with Crippen LogP contribution in [0.25, 0.3) is 0 Å². The molecule has 1 aliphatic heterocycles. The summed E-state index contributed by atoms with van der Waals surface area (Å²) in [7, 11) is -1.18. The van der Waals surface area contributed by atoms with E-state index in [0.717, 1.165) is 5.56 Å². The Morgan fingerprint density at radius 1 is 1.48 bits per heavy atom. The molecule has 0 radical (unpaired) electrons. The largest absolute Gasteiger partial charge is 0.492 e. The van der Waals surface area contributed by atoms with E-state index in [9.17, 15) is 9.82 Å². The van der Waals surface area contributed by atoms with E-state index in [0.29, 0.717) is 28.3 Å². The fourth-order valence-corrected chi connectivity index (χ4v) is 2.70. The van der Waals surface area contributed by atoms with Crippen molar-refractivity contribution < 1.29 is 24.3 Å². The zero-order valence-corrected chi connectivity index (χ0v) is 12.4. The number of hydrogen-bond donors (Lipinski definition) is 3. The van der Waals surface area contributed by atoms with Crippen molar-refractivity contribution in [2.45, 2.75) is 19.4 Å². The molecule has 0 aliphatic carbocycles. The monoisotopic (exact) mass is 314 g/mol. The number of benzene rings is 1. The van der Waals surface area contributed by atoms with Crippen molar-refractivity contribution >= 4 is 24.2 Å². The number of ether oxygens (including phenoxy) is 1. The molecule has 118 valence electrons. The van der Waals surface area contributed by atoms with Crippen LogP contribution in [0.2, 0.25) is 0 Å². The van der Waals surface area contributed by atoms with Crippen LogP contribution in [0.15, 0.2) is 30.5 Å². The third-order valence-electron chi connectivity index (χ3n) is 3.61. The van der Waals surface area contributed by atoms with E-state index in [-0.39, 0.29) is 6.42 Å². The summed E-state index contributed by atoms with van der Waals surface area (Å²) in [4.78, 5) is 15.0. The zero-order chi connectivity index (χ0) is 16.6. The van der Waals surface area contributed by atoms with E-state index < -0.39 is 19.2 Å². The molecule has 0 fully saturated rings. The molecule has 3 rings (SSSR count). The van der Waals surface area contributed by atoms with E-state index in [1.54, 1.807) is 24.3 Å². The van der Waals surface area contributed by atoms with Gasteiger partial charge in [-0.3, -0.25) is 4.79 Å². The first-order valence-corrected chi connectivity index (χ1v) is 7.03. The molecule has 1 aromatic carbocycles. The van der Waals surface area contributed by atoms with Gasteiger partial charge in [0.2, 0.25) is 5.88 Å². The van der Waals surface area contributed by atoms with E-state index >= 15 is 0 Å². The number of carboxylic acids is 1. The van der Waals surface area contributed by atoms with Crippen LogP contribution in [-0.4, -0.2) is 28.2 Å². The molecule has 4 N–H and O–H groups in total. The smallest absolute Gasteiger partial charge is 0.481 e. The molecule has 8 heteroatoms. The van der Waals surface area contributed by atoms with Crippen LogP contribution in [0, 0.1) is 6.92 Å². The molecule has 2 heterocycles. The number of anilines is 1. The van der Waals surface area contributed by atoms with Crippen LogP contribution in [-0.2, 0) is 9.45 Å². The van der Waals surface area contributed by atoms with Gasteiger partial charge in [0, 0.05) is 18.0 Å². The number of nitrogens with zero attached hydrogens (tertiary/aromatic N) is 1. The van der Waals surface area contributed by atoms with Crippen LogP contribution >= 0.6 is 0 Å². The molecule has 1 unspecified atom stereocenters. The second-order valence-electron chi connectivity index (χ2n) is 5.35. The lowest BCUT2D eigenvalue weighted by molar-refractivity contribution is -0.138. The maximum absolute atomic E-state index is 10.9. The lowest BCUT2D eigenvalue weighted by Gasteiger charge is -2.13. The number of aliphatic carboxylic acids is 1. The molecule has 7 nitrogen and oxygen atoms in total. The fourth-order valence-electron chi connectivity index (χ4n) is 2.70. The number of hydrogen-bond acceptors (Lipinski definition) is 6. The summed E-state index contributed by atoms with van der Waals surface area (Å²) < 4.78 is 11.0. The molecule has 1 aromatic heterocycles. The van der Waals surface area contributed by atoms with Crippen LogP contribution in [0.3, 0.4) is 0 Å². The van der Waals surface area contributed by atoms with Crippen LogP contribution in [0.4, 0.5) is 5.69 Å². The molecule has 23 heavy (non-hydrogen) atoms. The summed E-state index contributed by atoms with van der Waals surface area (Å²) in [5, 5.41) is 19.0. The van der Waals surface area contributed by atoms with E-state index in [4.69, 9.17) is 20.2 Å². The summed E-state index contributed by atoms with van der Waals surface area (Å²) in [6, 6.07) is 6.61. The van der Waals surface area contributed by atoms with Crippen molar-refractivity contribution in [3.05, 3.63) is 41.6 Å². The first-order chi connectivity index (χ1) is 10.9. The molecular formula is C15H15BN2O5. The number of pyridine rings is 1. The normalized spacial score (nSPS) is 16.3. The number of fused-ring (bicyclic) bond motifs is 1. The van der Waals surface area contributed by atoms with Crippen molar-refractivity contribution in [1.29, 1.82) is 0 Å². The molecule has 0 saturated carbocycles. The van der Waals surface area contributed by atoms with Crippen molar-refractivity contribution in [2.24, 2.45) is 0 Å². The highest BCUT2D eigenvalue weighted by atomic mass is 16.5. The Labute approximate surface area is 132 Å². The highest BCUT2D eigenvalue weighted by Crippen LogP contribution is 2.32. The van der Waals surface area contributed by atoms with Gasteiger partial charge in [-0.25, -0.2) is 4.98 Å². The lowest BCUT2D eigenvalue weighted by Crippen LogP contribution is -2.28. The second-order valence-corrected chi connectivity index (χ2v) is 5.35. The van der Waals surface area contributed by atoms with Crippen molar-refractivity contribution in [1.82, 2.24) is 4.98 Å². The van der Waals surface area contributed by atoms with Crippen LogP contribution < -0.4 is 15.9 Å². The topological polar surface area (TPSA) is 115 Å². The minimum Gasteiger partial charge on any atom is -0.481 e. The Hall–Kier alpha value is -2.58. The predicted molar refractivity (Wildman–Crippen MR) is 83.6 cm³/mol. The molecule has 1 atom stereocenters. The van der Waals surface area contributed by atoms with Gasteiger partial charge in [0.05, 0.1) is 12.5 Å². The summed E-state index contributed by atoms with van der Waals surface area (Å²) in [5.41, 5.74) is 8.19. The van der Waals surface area contributed by atoms with Crippen molar-refractivity contribution in [3.8, 4) is 11.6 Å². The number of aromatic nitrogens is 1. The van der Waals surface area contributed by atoms with E-state index in [1.165, 1.54) is 6.20 Å². The minimum atomic E-state index is -1.18. The Morgan fingerprint density at radius 2 is 2.26 bits per heavy atom. The quantitative estimate of drug-likeness (QED) is 0.721. The third-order valence-corrected chi connectivity index (χ3v) is 3.61. The third kappa shape index (κ3) is 3.13. The zero-order valence-electron chi connectivity index (χ0n) is 12.4. The van der Waals surface area contributed by atoms with Gasteiger partial charge in [-0.15, -0.1) is 0 Å². The summed E-state index contributed by atoms with van der Waals surface area (Å²) in [5.74, 6) is -0.184.